The number of fused-ring (bicyclic) bond motifs is 1. The highest BCUT2D eigenvalue weighted by atomic mass is 16.7. The van der Waals surface area contributed by atoms with Crippen molar-refractivity contribution in [1.29, 1.82) is 0 Å². The molecule has 0 aromatic heterocycles. The summed E-state index contributed by atoms with van der Waals surface area (Å²) in [4.78, 5) is 9.12. The van der Waals surface area contributed by atoms with Gasteiger partial charge in [0, 0.05) is 46.3 Å². The van der Waals surface area contributed by atoms with Crippen LogP contribution in [-0.4, -0.2) is 62.3 Å². The van der Waals surface area contributed by atoms with Crippen LogP contribution in [0.3, 0.4) is 0 Å². The molecule has 2 heterocycles. The Morgan fingerprint density at radius 3 is 2.68 bits per heavy atom. The molecule has 3 rings (SSSR count). The molecule has 6 nitrogen and oxygen atoms in total. The number of ether oxygens (including phenoxy) is 2. The second kappa shape index (κ2) is 6.87. The molecule has 0 saturated carbocycles. The number of benzene rings is 1. The van der Waals surface area contributed by atoms with Gasteiger partial charge in [-0.05, 0) is 24.6 Å². The molecule has 1 aromatic carbocycles. The maximum absolute atomic E-state index is 5.45. The van der Waals surface area contributed by atoms with Gasteiger partial charge in [0.25, 0.3) is 0 Å². The van der Waals surface area contributed by atoms with Crippen LogP contribution in [-0.2, 0) is 6.54 Å². The molecule has 0 spiro atoms. The largest absolute Gasteiger partial charge is 0.454 e. The fourth-order valence-corrected chi connectivity index (χ4v) is 2.91. The fraction of sp³-hybridized carbons (Fsp3) is 0.562. The average molecular weight is 304 g/mol. The van der Waals surface area contributed by atoms with Gasteiger partial charge >= 0.3 is 0 Å². The molecule has 0 atom stereocenters. The molecule has 1 fully saturated rings. The van der Waals surface area contributed by atoms with Crippen LogP contribution in [0.2, 0.25) is 0 Å². The zero-order chi connectivity index (χ0) is 15.4. The quantitative estimate of drug-likeness (QED) is 0.670. The van der Waals surface area contributed by atoms with Gasteiger partial charge < -0.3 is 19.7 Å². The molecular weight excluding hydrogens is 280 g/mol. The smallest absolute Gasteiger partial charge is 0.231 e. The van der Waals surface area contributed by atoms with Crippen molar-refractivity contribution in [2.75, 3.05) is 46.6 Å². The molecule has 2 aliphatic heterocycles. The second-order valence-corrected chi connectivity index (χ2v) is 5.53. The molecule has 0 bridgehead atoms. The summed E-state index contributed by atoms with van der Waals surface area (Å²) in [6.45, 7) is 8.38. The number of piperazine rings is 1. The standard InChI is InChI=1S/C16H24N4O2/c1-3-18-16(17-2)20-8-6-19(7-9-20)11-13-4-5-14-15(10-13)22-12-21-14/h4-5,10H,3,6-9,11-12H2,1-2H3,(H,17,18). The lowest BCUT2D eigenvalue weighted by atomic mass is 10.1. The molecule has 22 heavy (non-hydrogen) atoms. The molecule has 2 aliphatic rings. The summed E-state index contributed by atoms with van der Waals surface area (Å²) in [5.74, 6) is 2.72. The highest BCUT2D eigenvalue weighted by Crippen LogP contribution is 2.32. The van der Waals surface area contributed by atoms with E-state index in [9.17, 15) is 0 Å². The first kappa shape index (κ1) is 15.0. The van der Waals surface area contributed by atoms with Crippen molar-refractivity contribution in [2.24, 2.45) is 4.99 Å². The number of nitrogens with one attached hydrogen (secondary N) is 1. The first-order valence-corrected chi connectivity index (χ1v) is 7.86. The van der Waals surface area contributed by atoms with Gasteiger partial charge in [-0.1, -0.05) is 6.07 Å². The summed E-state index contributed by atoms with van der Waals surface area (Å²) in [6, 6.07) is 6.21. The zero-order valence-electron chi connectivity index (χ0n) is 13.3. The van der Waals surface area contributed by atoms with Crippen LogP contribution in [0.5, 0.6) is 11.5 Å². The lowest BCUT2D eigenvalue weighted by Crippen LogP contribution is -2.52. The molecule has 1 aromatic rings. The maximum atomic E-state index is 5.45. The highest BCUT2D eigenvalue weighted by Gasteiger charge is 2.20. The van der Waals surface area contributed by atoms with Crippen LogP contribution in [0, 0.1) is 0 Å². The molecule has 0 aliphatic carbocycles. The lowest BCUT2D eigenvalue weighted by Gasteiger charge is -2.36. The normalized spacial score (nSPS) is 18.6. The average Bonchev–Trinajstić information content (AvgIpc) is 3.01. The van der Waals surface area contributed by atoms with E-state index in [0.29, 0.717) is 6.79 Å². The Hall–Kier alpha value is -1.95. The third-order valence-electron chi connectivity index (χ3n) is 4.06. The Labute approximate surface area is 131 Å². The van der Waals surface area contributed by atoms with Crippen molar-refractivity contribution < 1.29 is 9.47 Å². The van der Waals surface area contributed by atoms with E-state index >= 15 is 0 Å². The Morgan fingerprint density at radius 1 is 1.18 bits per heavy atom. The van der Waals surface area contributed by atoms with Crippen molar-refractivity contribution in [3.8, 4) is 11.5 Å². The van der Waals surface area contributed by atoms with Gasteiger partial charge in [0.2, 0.25) is 6.79 Å². The maximum Gasteiger partial charge on any atom is 0.231 e. The molecular formula is C16H24N4O2. The summed E-state index contributed by atoms with van der Waals surface area (Å²) >= 11 is 0. The van der Waals surface area contributed by atoms with Crippen LogP contribution in [0.4, 0.5) is 0 Å². The second-order valence-electron chi connectivity index (χ2n) is 5.53. The van der Waals surface area contributed by atoms with Crippen molar-refractivity contribution in [3.63, 3.8) is 0 Å². The van der Waals surface area contributed by atoms with Crippen LogP contribution in [0.15, 0.2) is 23.2 Å². The number of hydrogen-bond donors (Lipinski definition) is 1. The summed E-state index contributed by atoms with van der Waals surface area (Å²) < 4.78 is 10.8. The van der Waals surface area contributed by atoms with Gasteiger partial charge in [-0.25, -0.2) is 0 Å². The Morgan fingerprint density at radius 2 is 1.95 bits per heavy atom. The van der Waals surface area contributed by atoms with Gasteiger partial charge in [-0.2, -0.15) is 0 Å². The van der Waals surface area contributed by atoms with Crippen molar-refractivity contribution in [2.45, 2.75) is 13.5 Å². The van der Waals surface area contributed by atoms with Crippen molar-refractivity contribution in [1.82, 2.24) is 15.1 Å². The molecule has 0 unspecified atom stereocenters. The van der Waals surface area contributed by atoms with Gasteiger partial charge in [-0.3, -0.25) is 9.89 Å². The van der Waals surface area contributed by atoms with Crippen LogP contribution in [0.1, 0.15) is 12.5 Å². The SMILES string of the molecule is CCNC(=NC)N1CCN(Cc2ccc3c(c2)OCO3)CC1. The number of hydrogen-bond acceptors (Lipinski definition) is 4. The molecule has 6 heteroatoms. The zero-order valence-corrected chi connectivity index (χ0v) is 13.3. The summed E-state index contributed by atoms with van der Waals surface area (Å²) in [5, 5.41) is 3.32. The minimum Gasteiger partial charge on any atom is -0.454 e. The highest BCUT2D eigenvalue weighted by molar-refractivity contribution is 5.79. The van der Waals surface area contributed by atoms with Gasteiger partial charge in [0.05, 0.1) is 0 Å². The molecule has 0 radical (unpaired) electrons. The monoisotopic (exact) mass is 304 g/mol. The Kier molecular flexibility index (Phi) is 4.68. The van der Waals surface area contributed by atoms with Crippen LogP contribution < -0.4 is 14.8 Å². The molecule has 0 amide bonds. The van der Waals surface area contributed by atoms with E-state index in [1.165, 1.54) is 5.56 Å². The predicted molar refractivity (Wildman–Crippen MR) is 86.5 cm³/mol. The topological polar surface area (TPSA) is 49.3 Å². The third-order valence-corrected chi connectivity index (χ3v) is 4.06. The first-order chi connectivity index (χ1) is 10.8. The number of aliphatic imine (C=N–C) groups is 1. The number of nitrogens with zero attached hydrogens (tertiary/aromatic N) is 3. The summed E-state index contributed by atoms with van der Waals surface area (Å²) in [5.41, 5.74) is 1.27. The van der Waals surface area contributed by atoms with Gasteiger partial charge in [-0.15, -0.1) is 0 Å². The van der Waals surface area contributed by atoms with E-state index in [2.05, 4.69) is 39.2 Å². The van der Waals surface area contributed by atoms with Gasteiger partial charge in [0.15, 0.2) is 17.5 Å². The number of guanidine groups is 1. The van der Waals surface area contributed by atoms with E-state index < -0.39 is 0 Å². The Balaban J connectivity index is 1.54. The molecule has 1 N–H and O–H groups in total. The summed E-state index contributed by atoms with van der Waals surface area (Å²) in [7, 11) is 1.84. The molecule has 120 valence electrons. The van der Waals surface area contributed by atoms with E-state index in [4.69, 9.17) is 9.47 Å². The number of rotatable bonds is 3. The minimum atomic E-state index is 0.334. The Bertz CT molecular complexity index is 539. The lowest BCUT2D eigenvalue weighted by molar-refractivity contribution is 0.171. The van der Waals surface area contributed by atoms with Crippen molar-refractivity contribution in [3.05, 3.63) is 23.8 Å². The van der Waals surface area contributed by atoms with Gasteiger partial charge in [0.1, 0.15) is 0 Å². The third kappa shape index (κ3) is 3.27. The minimum absolute atomic E-state index is 0.334. The summed E-state index contributed by atoms with van der Waals surface area (Å²) in [6.07, 6.45) is 0. The molecule has 1 saturated heterocycles. The van der Waals surface area contributed by atoms with E-state index in [0.717, 1.165) is 56.7 Å². The van der Waals surface area contributed by atoms with E-state index in [1.54, 1.807) is 0 Å². The van der Waals surface area contributed by atoms with E-state index in [-0.39, 0.29) is 0 Å². The predicted octanol–water partition coefficient (Wildman–Crippen LogP) is 1.13. The van der Waals surface area contributed by atoms with Crippen LogP contribution >= 0.6 is 0 Å². The van der Waals surface area contributed by atoms with E-state index in [1.807, 2.05) is 13.1 Å². The van der Waals surface area contributed by atoms with Crippen molar-refractivity contribution >= 4 is 5.96 Å². The fourth-order valence-electron chi connectivity index (χ4n) is 2.91. The first-order valence-electron chi connectivity index (χ1n) is 7.86. The van der Waals surface area contributed by atoms with Crippen LogP contribution in [0.25, 0.3) is 0 Å².